The maximum Gasteiger partial charge on any atom is 0.304 e. The van der Waals surface area contributed by atoms with Crippen LogP contribution in [-0.2, 0) is 4.74 Å². The number of carbonyl (C=O) groups is 1. The Labute approximate surface area is 123 Å². The summed E-state index contributed by atoms with van der Waals surface area (Å²) in [5.74, 6) is -0.537. The zero-order valence-corrected chi connectivity index (χ0v) is 12.2. The van der Waals surface area contributed by atoms with Gasteiger partial charge in [0.2, 0.25) is 0 Å². The highest BCUT2D eigenvalue weighted by Crippen LogP contribution is 2.25. The van der Waals surface area contributed by atoms with Crippen LogP contribution in [0.3, 0.4) is 0 Å². The molecular weight excluding hydrogens is 276 g/mol. The third kappa shape index (κ3) is 5.36. The summed E-state index contributed by atoms with van der Waals surface area (Å²) in [6.45, 7) is 1.96. The van der Waals surface area contributed by atoms with E-state index >= 15 is 0 Å². The van der Waals surface area contributed by atoms with Crippen molar-refractivity contribution >= 4 is 17.3 Å². The van der Waals surface area contributed by atoms with E-state index in [0.29, 0.717) is 13.2 Å². The van der Waals surface area contributed by atoms with Crippen LogP contribution in [-0.4, -0.2) is 56.1 Å². The number of nitro benzene ring substituents is 1. The molecule has 0 unspecified atom stereocenters. The molecule has 0 bridgehead atoms. The van der Waals surface area contributed by atoms with E-state index in [1.807, 2.05) is 19.0 Å². The van der Waals surface area contributed by atoms with Crippen LogP contribution < -0.4 is 11.1 Å². The Morgan fingerprint density at radius 2 is 2.14 bits per heavy atom. The lowest BCUT2D eigenvalue weighted by Gasteiger charge is -2.10. The Morgan fingerprint density at radius 1 is 1.43 bits per heavy atom. The smallest absolute Gasteiger partial charge is 0.304 e. The highest BCUT2D eigenvalue weighted by Gasteiger charge is 2.22. The number of hydrogen-bond donors (Lipinski definition) is 2. The van der Waals surface area contributed by atoms with Gasteiger partial charge in [-0.05, 0) is 26.2 Å². The Balaban J connectivity index is 2.50. The van der Waals surface area contributed by atoms with E-state index in [9.17, 15) is 14.9 Å². The van der Waals surface area contributed by atoms with Gasteiger partial charge in [-0.2, -0.15) is 0 Å². The van der Waals surface area contributed by atoms with Gasteiger partial charge in [0.1, 0.15) is 11.3 Å². The minimum atomic E-state index is -0.655. The summed E-state index contributed by atoms with van der Waals surface area (Å²) in [5.41, 5.74) is 5.08. The maximum absolute atomic E-state index is 11.9. The quantitative estimate of drug-likeness (QED) is 0.312. The van der Waals surface area contributed by atoms with Gasteiger partial charge < -0.3 is 20.7 Å². The topological polar surface area (TPSA) is 111 Å². The number of carbonyl (C=O) groups excluding carboxylic acids is 1. The van der Waals surface area contributed by atoms with E-state index in [2.05, 4.69) is 5.32 Å². The Hall–Kier alpha value is -2.19. The average Bonchev–Trinajstić information content (AvgIpc) is 2.41. The van der Waals surface area contributed by atoms with Crippen LogP contribution in [0.5, 0.6) is 0 Å². The predicted molar refractivity (Wildman–Crippen MR) is 79.2 cm³/mol. The van der Waals surface area contributed by atoms with E-state index in [0.717, 1.165) is 6.54 Å². The van der Waals surface area contributed by atoms with Crippen molar-refractivity contribution in [1.29, 1.82) is 0 Å². The van der Waals surface area contributed by atoms with E-state index < -0.39 is 10.8 Å². The molecule has 0 saturated heterocycles. The third-order valence-corrected chi connectivity index (χ3v) is 2.71. The Bertz CT molecular complexity index is 505. The molecule has 0 fully saturated rings. The number of likely N-dealkylation sites (N-methyl/N-ethyl adjacent to an activating group) is 1. The van der Waals surface area contributed by atoms with Crippen LogP contribution in [0.1, 0.15) is 10.4 Å². The van der Waals surface area contributed by atoms with E-state index in [1.54, 1.807) is 0 Å². The van der Waals surface area contributed by atoms with E-state index in [1.165, 1.54) is 18.2 Å². The monoisotopic (exact) mass is 296 g/mol. The van der Waals surface area contributed by atoms with Crippen molar-refractivity contribution in [2.24, 2.45) is 0 Å². The number of nitro groups is 1. The third-order valence-electron chi connectivity index (χ3n) is 2.71. The molecule has 1 rings (SSSR count). The summed E-state index contributed by atoms with van der Waals surface area (Å²) in [4.78, 5) is 24.2. The number of nitrogens with one attached hydrogen (secondary N) is 1. The molecule has 0 aliphatic rings. The van der Waals surface area contributed by atoms with Crippen molar-refractivity contribution in [3.63, 3.8) is 0 Å². The first-order chi connectivity index (χ1) is 9.93. The van der Waals surface area contributed by atoms with Gasteiger partial charge in [-0.3, -0.25) is 14.9 Å². The van der Waals surface area contributed by atoms with Gasteiger partial charge >= 0.3 is 5.69 Å². The number of ether oxygens (including phenoxy) is 1. The van der Waals surface area contributed by atoms with Crippen LogP contribution in [0, 0.1) is 10.1 Å². The molecule has 0 radical (unpaired) electrons. The lowest BCUT2D eigenvalue weighted by atomic mass is 10.1. The average molecular weight is 296 g/mol. The molecule has 21 heavy (non-hydrogen) atoms. The first kappa shape index (κ1) is 16.9. The molecule has 1 amide bonds. The highest BCUT2D eigenvalue weighted by atomic mass is 16.6. The standard InChI is InChI=1S/C13H20N4O4/c1-16(2)7-9-21-8-6-15-13(18)10-4-3-5-11(14)12(10)17(19)20/h3-5H,6-9,14H2,1-2H3,(H,15,18). The molecule has 0 saturated carbocycles. The largest absolute Gasteiger partial charge is 0.393 e. The van der Waals surface area contributed by atoms with Gasteiger partial charge in [0.25, 0.3) is 5.91 Å². The first-order valence-electron chi connectivity index (χ1n) is 6.47. The summed E-state index contributed by atoms with van der Waals surface area (Å²) in [5, 5.41) is 13.5. The zero-order valence-electron chi connectivity index (χ0n) is 12.2. The van der Waals surface area contributed by atoms with Gasteiger partial charge in [0.15, 0.2) is 0 Å². The second-order valence-corrected chi connectivity index (χ2v) is 4.67. The zero-order chi connectivity index (χ0) is 15.8. The molecule has 0 aliphatic carbocycles. The summed E-state index contributed by atoms with van der Waals surface area (Å²) in [6.07, 6.45) is 0. The van der Waals surface area contributed by atoms with Gasteiger partial charge in [0, 0.05) is 13.1 Å². The van der Waals surface area contributed by atoms with Crippen LogP contribution in [0.2, 0.25) is 0 Å². The minimum Gasteiger partial charge on any atom is -0.393 e. The van der Waals surface area contributed by atoms with Gasteiger partial charge in [0.05, 0.1) is 18.1 Å². The van der Waals surface area contributed by atoms with Crippen molar-refractivity contribution in [2.75, 3.05) is 46.1 Å². The van der Waals surface area contributed by atoms with Crippen LogP contribution in [0.4, 0.5) is 11.4 Å². The number of hydrogen-bond acceptors (Lipinski definition) is 6. The molecular formula is C13H20N4O4. The number of anilines is 1. The fourth-order valence-corrected chi connectivity index (χ4v) is 1.63. The fraction of sp³-hybridized carbons (Fsp3) is 0.462. The number of rotatable bonds is 8. The summed E-state index contributed by atoms with van der Waals surface area (Å²) in [7, 11) is 3.87. The number of para-hydroxylation sites is 1. The normalized spacial score (nSPS) is 10.6. The van der Waals surface area contributed by atoms with Crippen molar-refractivity contribution in [2.45, 2.75) is 0 Å². The highest BCUT2D eigenvalue weighted by molar-refractivity contribution is 6.00. The minimum absolute atomic E-state index is 0.0325. The molecule has 0 heterocycles. The van der Waals surface area contributed by atoms with Gasteiger partial charge in [-0.25, -0.2) is 0 Å². The first-order valence-corrected chi connectivity index (χ1v) is 6.47. The van der Waals surface area contributed by atoms with Crippen LogP contribution in [0.15, 0.2) is 18.2 Å². The summed E-state index contributed by atoms with van der Waals surface area (Å²) >= 11 is 0. The van der Waals surface area contributed by atoms with Gasteiger partial charge in [-0.1, -0.05) is 6.07 Å². The van der Waals surface area contributed by atoms with Crippen molar-refractivity contribution in [1.82, 2.24) is 10.2 Å². The molecule has 0 aromatic heterocycles. The molecule has 1 aromatic rings. The van der Waals surface area contributed by atoms with Crippen LogP contribution in [0.25, 0.3) is 0 Å². The Kier molecular flexibility index (Phi) is 6.57. The van der Waals surface area contributed by atoms with E-state index in [4.69, 9.17) is 10.5 Å². The number of nitrogens with two attached hydrogens (primary N) is 1. The second kappa shape index (κ2) is 8.18. The molecule has 3 N–H and O–H groups in total. The molecule has 0 atom stereocenters. The van der Waals surface area contributed by atoms with Gasteiger partial charge in [-0.15, -0.1) is 0 Å². The van der Waals surface area contributed by atoms with E-state index in [-0.39, 0.29) is 23.5 Å². The molecule has 8 nitrogen and oxygen atoms in total. The molecule has 8 heteroatoms. The summed E-state index contributed by atoms with van der Waals surface area (Å²) < 4.78 is 5.32. The fourth-order valence-electron chi connectivity index (χ4n) is 1.63. The van der Waals surface area contributed by atoms with Crippen molar-refractivity contribution in [3.8, 4) is 0 Å². The molecule has 0 spiro atoms. The molecule has 1 aromatic carbocycles. The van der Waals surface area contributed by atoms with Crippen molar-refractivity contribution in [3.05, 3.63) is 33.9 Å². The number of amides is 1. The maximum atomic E-state index is 11.9. The molecule has 0 aliphatic heterocycles. The second-order valence-electron chi connectivity index (χ2n) is 4.67. The number of benzene rings is 1. The lowest BCUT2D eigenvalue weighted by molar-refractivity contribution is -0.384. The summed E-state index contributed by atoms with van der Waals surface area (Å²) in [6, 6.07) is 4.26. The molecule has 116 valence electrons. The lowest BCUT2D eigenvalue weighted by Crippen LogP contribution is -2.29. The SMILES string of the molecule is CN(C)CCOCCNC(=O)c1cccc(N)c1[N+](=O)[O-]. The van der Waals surface area contributed by atoms with Crippen LogP contribution >= 0.6 is 0 Å². The number of nitrogens with zero attached hydrogens (tertiary/aromatic N) is 2. The van der Waals surface area contributed by atoms with Crippen molar-refractivity contribution < 1.29 is 14.5 Å². The Morgan fingerprint density at radius 3 is 2.76 bits per heavy atom. The number of nitrogen functional groups attached to an aromatic ring is 1. The predicted octanol–water partition coefficient (Wildman–Crippen LogP) is 0.485.